The largest absolute Gasteiger partial charge is 0.508 e. The second kappa shape index (κ2) is 10.1. The summed E-state index contributed by atoms with van der Waals surface area (Å²) in [7, 11) is 0. The van der Waals surface area contributed by atoms with Crippen LogP contribution in [-0.4, -0.2) is 52.1 Å². The number of piperazine rings is 1. The van der Waals surface area contributed by atoms with E-state index in [1.54, 1.807) is 4.90 Å². The van der Waals surface area contributed by atoms with Gasteiger partial charge < -0.3 is 19.9 Å². The molecule has 0 unspecified atom stereocenters. The predicted molar refractivity (Wildman–Crippen MR) is 158 cm³/mol. The third-order valence-electron chi connectivity index (χ3n) is 8.26. The van der Waals surface area contributed by atoms with Crippen LogP contribution in [-0.2, 0) is 6.54 Å². The summed E-state index contributed by atoms with van der Waals surface area (Å²) < 4.78 is 14.4. The lowest BCUT2D eigenvalue weighted by atomic mass is 10.00. The molecular formula is C33H30FN5O2. The Balaban J connectivity index is 1.22. The fourth-order valence-corrected chi connectivity index (χ4v) is 6.05. The lowest BCUT2D eigenvalue weighted by Gasteiger charge is -2.33. The van der Waals surface area contributed by atoms with E-state index < -0.39 is 11.9 Å². The predicted octanol–water partition coefficient (Wildman–Crippen LogP) is 5.42. The number of hydrogen-bond acceptors (Lipinski definition) is 5. The molecule has 41 heavy (non-hydrogen) atoms. The van der Waals surface area contributed by atoms with E-state index in [-0.39, 0.29) is 11.7 Å². The van der Waals surface area contributed by atoms with Crippen LogP contribution in [0, 0.1) is 5.82 Å². The Hall–Kier alpha value is -4.66. The third kappa shape index (κ3) is 4.61. The summed E-state index contributed by atoms with van der Waals surface area (Å²) in [6, 6.07) is 27.3. The molecule has 1 fully saturated rings. The summed E-state index contributed by atoms with van der Waals surface area (Å²) >= 11 is 0. The fraction of sp³-hybridized carbons (Fsp3) is 0.182. The zero-order valence-electron chi connectivity index (χ0n) is 22.4. The van der Waals surface area contributed by atoms with Crippen LogP contribution in [0.4, 0.5) is 10.1 Å². The zero-order chi connectivity index (χ0) is 28.1. The number of aromatic amines is 1. The highest BCUT2D eigenvalue weighted by atomic mass is 19.1. The second-order valence-corrected chi connectivity index (χ2v) is 10.8. The molecule has 1 saturated heterocycles. The van der Waals surface area contributed by atoms with Crippen molar-refractivity contribution in [3.8, 4) is 16.9 Å². The SMILES string of the molecule is NN1CCN(c2ccc(-c3ccc4c(c3)C(=O)N([C@@H](c3cc5ccccc5[nH]3)c3cc(F)ccc3O)C4)cc2)CC1. The minimum absolute atomic E-state index is 0.0625. The van der Waals surface area contributed by atoms with Crippen molar-refractivity contribution >= 4 is 22.5 Å². The van der Waals surface area contributed by atoms with Gasteiger partial charge in [-0.3, -0.25) is 10.6 Å². The highest BCUT2D eigenvalue weighted by Gasteiger charge is 2.37. The maximum atomic E-state index is 14.4. The first-order valence-corrected chi connectivity index (χ1v) is 13.8. The number of phenols is 1. The van der Waals surface area contributed by atoms with Crippen LogP contribution >= 0.6 is 0 Å². The Kier molecular flexibility index (Phi) is 6.22. The molecule has 1 aromatic heterocycles. The number of amides is 1. The molecule has 1 atom stereocenters. The number of carbonyl (C=O) groups excluding carboxylic acids is 1. The van der Waals surface area contributed by atoms with Gasteiger partial charge in [0, 0.05) is 60.7 Å². The van der Waals surface area contributed by atoms with Crippen LogP contribution in [0.2, 0.25) is 0 Å². The van der Waals surface area contributed by atoms with Crippen molar-refractivity contribution in [2.24, 2.45) is 5.84 Å². The van der Waals surface area contributed by atoms with E-state index in [0.717, 1.165) is 59.5 Å². The number of halogens is 1. The number of H-pyrrole nitrogens is 1. The van der Waals surface area contributed by atoms with Crippen molar-refractivity contribution in [2.45, 2.75) is 12.6 Å². The summed E-state index contributed by atoms with van der Waals surface area (Å²) in [5.74, 6) is 5.20. The average Bonchev–Trinajstić information content (AvgIpc) is 3.56. The van der Waals surface area contributed by atoms with Gasteiger partial charge in [0.25, 0.3) is 5.91 Å². The molecule has 7 rings (SSSR count). The molecule has 4 N–H and O–H groups in total. The molecule has 206 valence electrons. The molecule has 2 aliphatic heterocycles. The molecule has 2 aliphatic rings. The van der Waals surface area contributed by atoms with Crippen molar-refractivity contribution in [3.63, 3.8) is 0 Å². The molecule has 5 aromatic rings. The number of nitrogens with zero attached hydrogens (tertiary/aromatic N) is 3. The maximum Gasteiger partial charge on any atom is 0.255 e. The third-order valence-corrected chi connectivity index (χ3v) is 8.26. The van der Waals surface area contributed by atoms with E-state index in [4.69, 9.17) is 5.84 Å². The number of anilines is 1. The van der Waals surface area contributed by atoms with Crippen molar-refractivity contribution in [3.05, 3.63) is 119 Å². The van der Waals surface area contributed by atoms with Crippen molar-refractivity contribution in [2.75, 3.05) is 31.1 Å². The smallest absolute Gasteiger partial charge is 0.255 e. The van der Waals surface area contributed by atoms with Gasteiger partial charge in [-0.1, -0.05) is 42.5 Å². The number of nitrogens with one attached hydrogen (secondary N) is 1. The number of aromatic nitrogens is 1. The molecule has 0 radical (unpaired) electrons. The lowest BCUT2D eigenvalue weighted by molar-refractivity contribution is 0.0726. The molecule has 0 bridgehead atoms. The van der Waals surface area contributed by atoms with Crippen molar-refractivity contribution in [1.29, 1.82) is 0 Å². The van der Waals surface area contributed by atoms with Crippen molar-refractivity contribution in [1.82, 2.24) is 14.9 Å². The van der Waals surface area contributed by atoms with Gasteiger partial charge in [-0.2, -0.15) is 0 Å². The molecular weight excluding hydrogens is 517 g/mol. The second-order valence-electron chi connectivity index (χ2n) is 10.8. The van der Waals surface area contributed by atoms with Crippen LogP contribution in [0.1, 0.15) is 33.2 Å². The van der Waals surface area contributed by atoms with E-state index in [1.165, 1.54) is 18.2 Å². The average molecular weight is 548 g/mol. The highest BCUT2D eigenvalue weighted by molar-refractivity contribution is 6.00. The summed E-state index contributed by atoms with van der Waals surface area (Å²) in [4.78, 5) is 21.4. The van der Waals surface area contributed by atoms with Crippen LogP contribution < -0.4 is 10.7 Å². The van der Waals surface area contributed by atoms with E-state index in [2.05, 4.69) is 34.1 Å². The molecule has 8 heteroatoms. The van der Waals surface area contributed by atoms with Gasteiger partial charge in [0.05, 0.1) is 0 Å². The summed E-state index contributed by atoms with van der Waals surface area (Å²) in [6.45, 7) is 3.78. The van der Waals surface area contributed by atoms with Gasteiger partial charge in [0.15, 0.2) is 0 Å². The number of fused-ring (bicyclic) bond motifs is 2. The zero-order valence-corrected chi connectivity index (χ0v) is 22.4. The van der Waals surface area contributed by atoms with Crippen LogP contribution in [0.5, 0.6) is 5.75 Å². The number of nitrogens with two attached hydrogens (primary N) is 1. The highest BCUT2D eigenvalue weighted by Crippen LogP contribution is 2.41. The van der Waals surface area contributed by atoms with E-state index in [9.17, 15) is 14.3 Å². The summed E-state index contributed by atoms with van der Waals surface area (Å²) in [6.07, 6.45) is 0. The number of aromatic hydroxyl groups is 1. The summed E-state index contributed by atoms with van der Waals surface area (Å²) in [5.41, 5.74) is 6.59. The topological polar surface area (TPSA) is 88.8 Å². The van der Waals surface area contributed by atoms with Crippen LogP contribution in [0.3, 0.4) is 0 Å². The molecule has 3 heterocycles. The van der Waals surface area contributed by atoms with Crippen LogP contribution in [0.15, 0.2) is 91.0 Å². The first-order chi connectivity index (χ1) is 19.9. The van der Waals surface area contributed by atoms with Gasteiger partial charge in [-0.15, -0.1) is 0 Å². The number of phenolic OH excluding ortho intramolecular Hbond substituents is 1. The molecule has 4 aromatic carbocycles. The number of benzene rings is 4. The Morgan fingerprint density at radius 1 is 0.854 bits per heavy atom. The van der Waals surface area contributed by atoms with E-state index >= 15 is 0 Å². The summed E-state index contributed by atoms with van der Waals surface area (Å²) in [5, 5.41) is 13.6. The Bertz CT molecular complexity index is 1720. The van der Waals surface area contributed by atoms with E-state index in [0.29, 0.717) is 23.4 Å². The Morgan fingerprint density at radius 2 is 1.61 bits per heavy atom. The number of carbonyl (C=O) groups is 1. The Labute approximate surface area is 237 Å². The van der Waals surface area contributed by atoms with Crippen molar-refractivity contribution < 1.29 is 14.3 Å². The minimum atomic E-state index is -0.699. The minimum Gasteiger partial charge on any atom is -0.508 e. The van der Waals surface area contributed by atoms with E-state index in [1.807, 2.05) is 53.5 Å². The fourth-order valence-electron chi connectivity index (χ4n) is 6.05. The van der Waals surface area contributed by atoms with Gasteiger partial charge in [0.1, 0.15) is 17.6 Å². The molecule has 0 spiro atoms. The molecule has 1 amide bonds. The number of hydrogen-bond donors (Lipinski definition) is 3. The number of para-hydroxylation sites is 1. The monoisotopic (exact) mass is 547 g/mol. The molecule has 0 saturated carbocycles. The number of hydrazine groups is 1. The number of rotatable bonds is 5. The standard InChI is InChI=1S/C33H30FN5O2/c34-25-9-12-31(40)28(19-25)32(30-18-23-3-1-2-4-29(23)36-30)39-20-24-6-5-22(17-27(24)33(39)41)21-7-10-26(11-8-21)37-13-15-38(35)16-14-37/h1-12,17-19,32,36,40H,13-16,20,35H2/t32-/m1/s1. The van der Waals surface area contributed by atoms with Gasteiger partial charge in [-0.25, -0.2) is 9.40 Å². The van der Waals surface area contributed by atoms with Gasteiger partial charge >= 0.3 is 0 Å². The Morgan fingerprint density at radius 3 is 2.39 bits per heavy atom. The normalized spacial score (nSPS) is 16.4. The van der Waals surface area contributed by atoms with Gasteiger partial charge in [-0.05, 0) is 70.6 Å². The first kappa shape index (κ1) is 25.3. The maximum absolute atomic E-state index is 14.4. The van der Waals surface area contributed by atoms with Gasteiger partial charge in [0.2, 0.25) is 0 Å². The lowest BCUT2D eigenvalue weighted by Crippen LogP contribution is -2.49. The molecule has 0 aliphatic carbocycles. The van der Waals surface area contributed by atoms with Crippen LogP contribution in [0.25, 0.3) is 22.0 Å². The first-order valence-electron chi connectivity index (χ1n) is 13.8. The molecule has 7 nitrogen and oxygen atoms in total. The quantitative estimate of drug-likeness (QED) is 0.256.